The van der Waals surface area contributed by atoms with E-state index in [9.17, 15) is 9.59 Å². The third-order valence-electron chi connectivity index (χ3n) is 2.37. The number of thioether (sulfide) groups is 1. The molecule has 0 aromatic rings. The molecule has 6 nitrogen and oxygen atoms in total. The lowest BCUT2D eigenvalue weighted by Crippen LogP contribution is -2.48. The molecule has 7 heteroatoms. The standard InChI is InChI=1S/C13H22N2O4S/c1-5-7-14-13(17)10(15-11(16)6-2)8-20-9-12(18-3)19-4/h2,10,12H,5,7-9H2,1,3-4H3,(H,14,17)(H,15,16). The molecule has 0 aromatic heterocycles. The molecule has 2 amide bonds. The number of rotatable bonds is 10. The van der Waals surface area contributed by atoms with Crippen LogP contribution in [0.3, 0.4) is 0 Å². The summed E-state index contributed by atoms with van der Waals surface area (Å²) >= 11 is 1.44. The minimum Gasteiger partial charge on any atom is -0.355 e. The molecule has 0 fully saturated rings. The summed E-state index contributed by atoms with van der Waals surface area (Å²) in [6, 6.07) is -0.663. The van der Waals surface area contributed by atoms with Crippen LogP contribution >= 0.6 is 11.8 Å². The van der Waals surface area contributed by atoms with E-state index in [2.05, 4.69) is 10.6 Å². The van der Waals surface area contributed by atoms with Crippen molar-refractivity contribution in [3.05, 3.63) is 0 Å². The first-order valence-electron chi connectivity index (χ1n) is 6.27. The number of nitrogens with one attached hydrogen (secondary N) is 2. The molecule has 2 N–H and O–H groups in total. The number of ether oxygens (including phenoxy) is 2. The second-order valence-corrected chi connectivity index (χ2v) is 4.97. The number of hydrogen-bond donors (Lipinski definition) is 2. The van der Waals surface area contributed by atoms with E-state index in [0.717, 1.165) is 6.42 Å². The van der Waals surface area contributed by atoms with E-state index >= 15 is 0 Å². The van der Waals surface area contributed by atoms with E-state index in [1.54, 1.807) is 14.2 Å². The van der Waals surface area contributed by atoms with Crippen LogP contribution in [-0.4, -0.2) is 56.4 Å². The summed E-state index contributed by atoms with van der Waals surface area (Å²) in [7, 11) is 3.08. The van der Waals surface area contributed by atoms with Gasteiger partial charge in [0.05, 0.1) is 0 Å². The van der Waals surface area contributed by atoms with Gasteiger partial charge in [0.15, 0.2) is 6.29 Å². The summed E-state index contributed by atoms with van der Waals surface area (Å²) in [5, 5.41) is 5.23. The van der Waals surface area contributed by atoms with E-state index in [4.69, 9.17) is 15.9 Å². The van der Waals surface area contributed by atoms with Crippen molar-refractivity contribution in [3.8, 4) is 12.3 Å². The minimum absolute atomic E-state index is 0.241. The van der Waals surface area contributed by atoms with E-state index in [0.29, 0.717) is 18.1 Å². The maximum Gasteiger partial charge on any atom is 0.296 e. The van der Waals surface area contributed by atoms with Crippen LogP contribution < -0.4 is 10.6 Å². The zero-order valence-electron chi connectivity index (χ0n) is 12.1. The fraction of sp³-hybridized carbons (Fsp3) is 0.692. The van der Waals surface area contributed by atoms with Gasteiger partial charge in [-0.1, -0.05) is 6.92 Å². The van der Waals surface area contributed by atoms with Crippen LogP contribution in [0.25, 0.3) is 0 Å². The summed E-state index contributed by atoms with van der Waals surface area (Å²) in [5.41, 5.74) is 0. The highest BCUT2D eigenvalue weighted by Crippen LogP contribution is 2.08. The number of hydrogen-bond acceptors (Lipinski definition) is 5. The lowest BCUT2D eigenvalue weighted by molar-refractivity contribution is -0.126. The summed E-state index contributed by atoms with van der Waals surface area (Å²) in [5.74, 6) is 2.05. The summed E-state index contributed by atoms with van der Waals surface area (Å²) in [6.45, 7) is 2.51. The average Bonchev–Trinajstić information content (AvgIpc) is 2.47. The van der Waals surface area contributed by atoms with Gasteiger partial charge in [-0.05, 0) is 12.3 Å². The lowest BCUT2D eigenvalue weighted by Gasteiger charge is -2.18. The SMILES string of the molecule is C#CC(=O)NC(CSCC(OC)OC)C(=O)NCCC. The molecule has 1 atom stereocenters. The molecular formula is C13H22N2O4S. The Hall–Kier alpha value is -1.23. The van der Waals surface area contributed by atoms with Crippen LogP contribution in [0, 0.1) is 12.3 Å². The molecule has 0 heterocycles. The van der Waals surface area contributed by atoms with Gasteiger partial charge >= 0.3 is 0 Å². The Labute approximate surface area is 124 Å². The highest BCUT2D eigenvalue weighted by atomic mass is 32.2. The third kappa shape index (κ3) is 8.04. The molecule has 0 saturated heterocycles. The van der Waals surface area contributed by atoms with Crippen molar-refractivity contribution in [1.82, 2.24) is 10.6 Å². The Morgan fingerprint density at radius 3 is 2.45 bits per heavy atom. The van der Waals surface area contributed by atoms with Crippen LogP contribution in [0.4, 0.5) is 0 Å². The number of terminal acetylenes is 1. The molecule has 0 spiro atoms. The molecule has 0 saturated carbocycles. The maximum absolute atomic E-state index is 11.9. The van der Waals surface area contributed by atoms with Crippen molar-refractivity contribution in [2.24, 2.45) is 0 Å². The molecule has 0 aromatic carbocycles. The summed E-state index contributed by atoms with van der Waals surface area (Å²) in [4.78, 5) is 23.1. The summed E-state index contributed by atoms with van der Waals surface area (Å²) in [6.07, 6.45) is 5.48. The van der Waals surface area contributed by atoms with Gasteiger partial charge in [-0.3, -0.25) is 9.59 Å². The Bertz CT molecular complexity index is 340. The Morgan fingerprint density at radius 2 is 1.95 bits per heavy atom. The zero-order valence-corrected chi connectivity index (χ0v) is 12.9. The molecule has 0 bridgehead atoms. The van der Waals surface area contributed by atoms with Gasteiger partial charge in [-0.25, -0.2) is 0 Å². The molecule has 0 rings (SSSR count). The largest absolute Gasteiger partial charge is 0.355 e. The molecule has 1 unspecified atom stereocenters. The number of amides is 2. The fourth-order valence-electron chi connectivity index (χ4n) is 1.27. The van der Waals surface area contributed by atoms with Gasteiger partial charge in [0, 0.05) is 32.3 Å². The molecule has 0 radical (unpaired) electrons. The van der Waals surface area contributed by atoms with Gasteiger partial charge in [-0.15, -0.1) is 6.42 Å². The first kappa shape index (κ1) is 18.8. The van der Waals surface area contributed by atoms with Crippen molar-refractivity contribution in [2.45, 2.75) is 25.7 Å². The Kier molecular flexibility index (Phi) is 10.9. The van der Waals surface area contributed by atoms with Crippen molar-refractivity contribution in [2.75, 3.05) is 32.3 Å². The quantitative estimate of drug-likeness (QED) is 0.438. The first-order chi connectivity index (χ1) is 9.58. The van der Waals surface area contributed by atoms with Crippen molar-refractivity contribution >= 4 is 23.6 Å². The highest BCUT2D eigenvalue weighted by molar-refractivity contribution is 7.99. The molecule has 0 aliphatic rings. The number of carbonyl (C=O) groups excluding carboxylic acids is 2. The van der Waals surface area contributed by atoms with E-state index in [1.165, 1.54) is 11.8 Å². The van der Waals surface area contributed by atoms with E-state index in [-0.39, 0.29) is 12.2 Å². The van der Waals surface area contributed by atoms with Gasteiger partial charge in [-0.2, -0.15) is 11.8 Å². The number of carbonyl (C=O) groups is 2. The minimum atomic E-state index is -0.663. The predicted octanol–water partition coefficient (Wildman–Crippen LogP) is -0.0173. The molecule has 20 heavy (non-hydrogen) atoms. The van der Waals surface area contributed by atoms with E-state index < -0.39 is 11.9 Å². The normalized spacial score (nSPS) is 11.8. The fourth-order valence-corrected chi connectivity index (χ4v) is 2.34. The van der Waals surface area contributed by atoms with Gasteiger partial charge in [0.2, 0.25) is 5.91 Å². The second-order valence-electron chi connectivity index (χ2n) is 3.90. The Morgan fingerprint density at radius 1 is 1.30 bits per heavy atom. The smallest absolute Gasteiger partial charge is 0.296 e. The molecule has 0 aliphatic carbocycles. The predicted molar refractivity (Wildman–Crippen MR) is 79.2 cm³/mol. The van der Waals surface area contributed by atoms with Crippen molar-refractivity contribution < 1.29 is 19.1 Å². The topological polar surface area (TPSA) is 76.7 Å². The van der Waals surface area contributed by atoms with Crippen LogP contribution in [-0.2, 0) is 19.1 Å². The van der Waals surface area contributed by atoms with Crippen LogP contribution in [0.1, 0.15) is 13.3 Å². The average molecular weight is 302 g/mol. The van der Waals surface area contributed by atoms with Crippen LogP contribution in [0.2, 0.25) is 0 Å². The Balaban J connectivity index is 4.34. The highest BCUT2D eigenvalue weighted by Gasteiger charge is 2.20. The molecule has 114 valence electrons. The number of methoxy groups -OCH3 is 2. The molecule has 0 aliphatic heterocycles. The first-order valence-corrected chi connectivity index (χ1v) is 7.42. The summed E-state index contributed by atoms with van der Waals surface area (Å²) < 4.78 is 10.1. The van der Waals surface area contributed by atoms with Crippen LogP contribution in [0.5, 0.6) is 0 Å². The van der Waals surface area contributed by atoms with Gasteiger partial charge in [0.1, 0.15) is 6.04 Å². The van der Waals surface area contributed by atoms with Gasteiger partial charge < -0.3 is 20.1 Å². The zero-order chi connectivity index (χ0) is 15.4. The van der Waals surface area contributed by atoms with Gasteiger partial charge in [0.25, 0.3) is 5.91 Å². The molecular weight excluding hydrogens is 280 g/mol. The second kappa shape index (κ2) is 11.6. The monoisotopic (exact) mass is 302 g/mol. The third-order valence-corrected chi connectivity index (χ3v) is 3.44. The van der Waals surface area contributed by atoms with Crippen LogP contribution in [0.15, 0.2) is 0 Å². The lowest BCUT2D eigenvalue weighted by atomic mass is 10.3. The van der Waals surface area contributed by atoms with Crippen molar-refractivity contribution in [1.29, 1.82) is 0 Å². The van der Waals surface area contributed by atoms with E-state index in [1.807, 2.05) is 12.8 Å². The van der Waals surface area contributed by atoms with Crippen molar-refractivity contribution in [3.63, 3.8) is 0 Å². The maximum atomic E-state index is 11.9.